The Balaban J connectivity index is 1.61. The molecule has 1 unspecified atom stereocenters. The summed E-state index contributed by atoms with van der Waals surface area (Å²) in [5.74, 6) is 1.22. The van der Waals surface area contributed by atoms with Crippen LogP contribution in [0.15, 0.2) is 28.8 Å². The number of hydrogen-bond acceptors (Lipinski definition) is 3. The molecule has 22 heavy (non-hydrogen) atoms. The van der Waals surface area contributed by atoms with Crippen molar-refractivity contribution in [2.24, 2.45) is 0 Å². The van der Waals surface area contributed by atoms with Crippen LogP contribution in [0.4, 0.5) is 0 Å². The van der Waals surface area contributed by atoms with E-state index in [1.54, 1.807) is 0 Å². The van der Waals surface area contributed by atoms with Gasteiger partial charge in [0.1, 0.15) is 5.76 Å². The Kier molecular flexibility index (Phi) is 4.27. The van der Waals surface area contributed by atoms with Crippen LogP contribution in [0.25, 0.3) is 0 Å². The average molecular weight is 298 g/mol. The van der Waals surface area contributed by atoms with Crippen molar-refractivity contribution in [1.29, 1.82) is 0 Å². The Bertz CT molecular complexity index is 656. The van der Waals surface area contributed by atoms with E-state index in [-0.39, 0.29) is 5.91 Å². The third-order valence-corrected chi connectivity index (χ3v) is 4.57. The molecule has 0 saturated heterocycles. The largest absolute Gasteiger partial charge is 0.361 e. The maximum absolute atomic E-state index is 12.3. The van der Waals surface area contributed by atoms with Gasteiger partial charge in [0.2, 0.25) is 5.91 Å². The zero-order valence-electron chi connectivity index (χ0n) is 13.2. The van der Waals surface area contributed by atoms with E-state index in [0.717, 1.165) is 29.9 Å². The number of rotatable bonds is 4. The van der Waals surface area contributed by atoms with E-state index in [1.165, 1.54) is 17.5 Å². The quantitative estimate of drug-likeness (QED) is 0.941. The van der Waals surface area contributed by atoms with Gasteiger partial charge >= 0.3 is 0 Å². The third-order valence-electron chi connectivity index (χ3n) is 4.57. The summed E-state index contributed by atoms with van der Waals surface area (Å²) in [6, 6.07) is 8.50. The zero-order chi connectivity index (χ0) is 15.5. The van der Waals surface area contributed by atoms with E-state index in [1.807, 2.05) is 13.8 Å². The molecule has 0 radical (unpaired) electrons. The number of carbonyl (C=O) groups is 1. The van der Waals surface area contributed by atoms with Crippen LogP contribution in [0.5, 0.6) is 0 Å². The molecule has 4 heteroatoms. The van der Waals surface area contributed by atoms with E-state index in [4.69, 9.17) is 4.52 Å². The van der Waals surface area contributed by atoms with Crippen molar-refractivity contribution < 1.29 is 9.32 Å². The minimum absolute atomic E-state index is 0.0988. The molecule has 3 rings (SSSR count). The monoisotopic (exact) mass is 298 g/mol. The summed E-state index contributed by atoms with van der Waals surface area (Å²) >= 11 is 0. The SMILES string of the molecule is Cc1noc(C)c1CNC(=O)CC1CCCc2ccccc21. The Morgan fingerprint density at radius 2 is 2.18 bits per heavy atom. The van der Waals surface area contributed by atoms with Crippen molar-refractivity contribution in [1.82, 2.24) is 10.5 Å². The first kappa shape index (κ1) is 14.8. The predicted molar refractivity (Wildman–Crippen MR) is 84.6 cm³/mol. The van der Waals surface area contributed by atoms with Gasteiger partial charge in [-0.05, 0) is 50.2 Å². The molecule has 1 heterocycles. The van der Waals surface area contributed by atoms with Crippen molar-refractivity contribution in [3.05, 3.63) is 52.4 Å². The van der Waals surface area contributed by atoms with Crippen molar-refractivity contribution in [2.75, 3.05) is 0 Å². The number of benzene rings is 1. The molecular weight excluding hydrogens is 276 g/mol. The lowest BCUT2D eigenvalue weighted by Crippen LogP contribution is -2.26. The van der Waals surface area contributed by atoms with Crippen LogP contribution in [0.1, 0.15) is 53.3 Å². The van der Waals surface area contributed by atoms with Gasteiger partial charge in [-0.3, -0.25) is 4.79 Å². The lowest BCUT2D eigenvalue weighted by molar-refractivity contribution is -0.121. The minimum atomic E-state index is 0.0988. The minimum Gasteiger partial charge on any atom is -0.361 e. The van der Waals surface area contributed by atoms with Gasteiger partial charge in [-0.2, -0.15) is 0 Å². The molecule has 1 aromatic heterocycles. The first-order valence-corrected chi connectivity index (χ1v) is 7.91. The predicted octanol–water partition coefficient (Wildman–Crippen LogP) is 3.42. The van der Waals surface area contributed by atoms with Crippen molar-refractivity contribution in [2.45, 2.75) is 52.0 Å². The molecule has 1 aromatic carbocycles. The number of amides is 1. The van der Waals surface area contributed by atoms with Gasteiger partial charge in [0.15, 0.2) is 0 Å². The van der Waals surface area contributed by atoms with E-state index in [0.29, 0.717) is 18.9 Å². The fraction of sp³-hybridized carbons (Fsp3) is 0.444. The molecule has 116 valence electrons. The number of aryl methyl sites for hydroxylation is 3. The number of aromatic nitrogens is 1. The summed E-state index contributed by atoms with van der Waals surface area (Å²) in [6.07, 6.45) is 3.95. The highest BCUT2D eigenvalue weighted by molar-refractivity contribution is 5.77. The van der Waals surface area contributed by atoms with Gasteiger partial charge < -0.3 is 9.84 Å². The molecule has 1 N–H and O–H groups in total. The Labute approximate surface area is 130 Å². The first-order valence-electron chi connectivity index (χ1n) is 7.91. The molecule has 0 fully saturated rings. The van der Waals surface area contributed by atoms with Crippen molar-refractivity contribution in [3.8, 4) is 0 Å². The smallest absolute Gasteiger partial charge is 0.220 e. The van der Waals surface area contributed by atoms with Gasteiger partial charge in [0, 0.05) is 18.5 Å². The molecule has 1 amide bonds. The summed E-state index contributed by atoms with van der Waals surface area (Å²) in [7, 11) is 0. The van der Waals surface area contributed by atoms with Crippen LogP contribution in [-0.2, 0) is 17.8 Å². The van der Waals surface area contributed by atoms with Gasteiger partial charge in [-0.15, -0.1) is 0 Å². The third kappa shape index (κ3) is 3.06. The van der Waals surface area contributed by atoms with E-state index in [9.17, 15) is 4.79 Å². The molecule has 0 spiro atoms. The fourth-order valence-corrected chi connectivity index (χ4v) is 3.30. The lowest BCUT2D eigenvalue weighted by atomic mass is 9.81. The molecule has 0 saturated carbocycles. The first-order chi connectivity index (χ1) is 10.6. The average Bonchev–Trinajstić information content (AvgIpc) is 2.84. The van der Waals surface area contributed by atoms with E-state index >= 15 is 0 Å². The lowest BCUT2D eigenvalue weighted by Gasteiger charge is -2.25. The molecular formula is C18H22N2O2. The second-order valence-corrected chi connectivity index (χ2v) is 6.07. The van der Waals surface area contributed by atoms with Crippen molar-refractivity contribution in [3.63, 3.8) is 0 Å². The highest BCUT2D eigenvalue weighted by Crippen LogP contribution is 2.33. The fourth-order valence-electron chi connectivity index (χ4n) is 3.30. The van der Waals surface area contributed by atoms with Crippen LogP contribution >= 0.6 is 0 Å². The molecule has 1 aliphatic carbocycles. The Morgan fingerprint density at radius 3 is 2.95 bits per heavy atom. The number of carbonyl (C=O) groups excluding carboxylic acids is 1. The maximum Gasteiger partial charge on any atom is 0.220 e. The van der Waals surface area contributed by atoms with Crippen LogP contribution in [0, 0.1) is 13.8 Å². The van der Waals surface area contributed by atoms with Gasteiger partial charge in [0.25, 0.3) is 0 Å². The number of nitrogens with one attached hydrogen (secondary N) is 1. The number of fused-ring (bicyclic) bond motifs is 1. The van der Waals surface area contributed by atoms with E-state index in [2.05, 4.69) is 34.7 Å². The molecule has 1 atom stereocenters. The van der Waals surface area contributed by atoms with Crippen LogP contribution in [0.3, 0.4) is 0 Å². The molecule has 4 nitrogen and oxygen atoms in total. The second kappa shape index (κ2) is 6.34. The van der Waals surface area contributed by atoms with Crippen LogP contribution in [0.2, 0.25) is 0 Å². The van der Waals surface area contributed by atoms with Crippen LogP contribution in [-0.4, -0.2) is 11.1 Å². The van der Waals surface area contributed by atoms with Crippen LogP contribution < -0.4 is 5.32 Å². The summed E-state index contributed by atoms with van der Waals surface area (Å²) in [4.78, 5) is 12.3. The standard InChI is InChI=1S/C18H22N2O2/c1-12-17(13(2)22-20-12)11-19-18(21)10-15-8-5-7-14-6-3-4-9-16(14)15/h3-4,6,9,15H,5,7-8,10-11H2,1-2H3,(H,19,21). The number of nitrogens with zero attached hydrogens (tertiary/aromatic N) is 1. The zero-order valence-corrected chi connectivity index (χ0v) is 13.2. The summed E-state index contributed by atoms with van der Waals surface area (Å²) in [5.41, 5.74) is 4.58. The molecule has 2 aromatic rings. The maximum atomic E-state index is 12.3. The van der Waals surface area contributed by atoms with E-state index < -0.39 is 0 Å². The second-order valence-electron chi connectivity index (χ2n) is 6.07. The topological polar surface area (TPSA) is 55.1 Å². The summed E-state index contributed by atoms with van der Waals surface area (Å²) < 4.78 is 5.12. The normalized spacial score (nSPS) is 17.1. The van der Waals surface area contributed by atoms with Crippen molar-refractivity contribution >= 4 is 5.91 Å². The molecule has 0 aliphatic heterocycles. The number of hydrogen-bond donors (Lipinski definition) is 1. The van der Waals surface area contributed by atoms with Gasteiger partial charge in [-0.25, -0.2) is 0 Å². The molecule has 1 aliphatic rings. The van der Waals surface area contributed by atoms with Gasteiger partial charge in [0.05, 0.1) is 5.69 Å². The molecule has 0 bridgehead atoms. The summed E-state index contributed by atoms with van der Waals surface area (Å²) in [5, 5.41) is 6.92. The highest BCUT2D eigenvalue weighted by atomic mass is 16.5. The highest BCUT2D eigenvalue weighted by Gasteiger charge is 2.22. The Hall–Kier alpha value is -2.10. The Morgan fingerprint density at radius 1 is 1.36 bits per heavy atom. The summed E-state index contributed by atoms with van der Waals surface area (Å²) in [6.45, 7) is 4.27. The van der Waals surface area contributed by atoms with Gasteiger partial charge in [-0.1, -0.05) is 29.4 Å².